The Balaban J connectivity index is 1.39. The van der Waals surface area contributed by atoms with Crippen LogP contribution in [0.4, 0.5) is 14.7 Å². The van der Waals surface area contributed by atoms with Crippen LogP contribution in [-0.2, 0) is 11.3 Å². The van der Waals surface area contributed by atoms with Gasteiger partial charge in [-0.2, -0.15) is 9.97 Å². The first-order chi connectivity index (χ1) is 17.2. The summed E-state index contributed by atoms with van der Waals surface area (Å²) in [5, 5.41) is 11.8. The smallest absolute Gasteiger partial charge is 0.258 e. The zero-order valence-electron chi connectivity index (χ0n) is 20.9. The number of hydrogen-bond donors (Lipinski definition) is 2. The van der Waals surface area contributed by atoms with Crippen LogP contribution in [0.5, 0.6) is 5.88 Å². The van der Waals surface area contributed by atoms with E-state index in [4.69, 9.17) is 13.6 Å². The van der Waals surface area contributed by atoms with Gasteiger partial charge < -0.3 is 19.8 Å². The van der Waals surface area contributed by atoms with Crippen LogP contribution < -0.4 is 10.1 Å². The Hall–Kier alpha value is -3.34. The molecule has 174 valence electrons. The van der Waals surface area contributed by atoms with E-state index in [2.05, 4.69) is 30.6 Å². The number of methoxy groups -OCH3 is 2. The van der Waals surface area contributed by atoms with E-state index in [1.807, 2.05) is 6.07 Å². The third-order valence-corrected chi connectivity index (χ3v) is 6.00. The molecule has 1 fully saturated rings. The number of rotatable bonds is 7. The van der Waals surface area contributed by atoms with Gasteiger partial charge in [0.15, 0.2) is 0 Å². The maximum atomic E-state index is 12.9. The fourth-order valence-corrected chi connectivity index (χ4v) is 4.35. The number of aromatic nitrogens is 6. The number of anilines is 1. The lowest BCUT2D eigenvalue weighted by Gasteiger charge is -2.28. The molecule has 3 heterocycles. The molecule has 0 radical (unpaired) electrons. The molecule has 1 aliphatic rings. The van der Waals surface area contributed by atoms with Gasteiger partial charge in [0.1, 0.15) is 17.7 Å². The van der Waals surface area contributed by atoms with Crippen molar-refractivity contribution in [3.05, 3.63) is 24.4 Å². The first-order valence-electron chi connectivity index (χ1n) is 12.2. The summed E-state index contributed by atoms with van der Waals surface area (Å²) in [4.78, 5) is 12.3. The van der Waals surface area contributed by atoms with Crippen molar-refractivity contribution in [1.82, 2.24) is 29.9 Å². The summed E-state index contributed by atoms with van der Waals surface area (Å²) in [5.74, 6) is 0.750. The molecule has 0 spiro atoms. The zero-order chi connectivity index (χ0) is 25.4. The fourth-order valence-electron chi connectivity index (χ4n) is 4.35. The summed E-state index contributed by atoms with van der Waals surface area (Å²) in [6.45, 7) is -0.542. The van der Waals surface area contributed by atoms with Crippen LogP contribution in [0.2, 0.25) is 0 Å². The highest BCUT2D eigenvalue weighted by atomic mass is 19.3. The SMILES string of the molecule is [2H]C([2H])([2H])O[C@H]1CC[C@@H](Nc2nc(OC)c3c(-c4ccc5nnn(CC(F)F)c5c4)c[nH]c3n2)CC1. The fraction of sp³-hybridized carbons (Fsp3) is 0.455. The molecular weight excluding hydrogens is 432 g/mol. The van der Waals surface area contributed by atoms with E-state index in [1.165, 1.54) is 11.8 Å². The molecule has 0 bridgehead atoms. The van der Waals surface area contributed by atoms with Gasteiger partial charge in [-0.1, -0.05) is 11.3 Å². The molecule has 0 amide bonds. The highest BCUT2D eigenvalue weighted by Gasteiger charge is 2.23. The molecule has 3 aromatic heterocycles. The second-order valence-corrected chi connectivity index (χ2v) is 8.08. The molecule has 0 aliphatic heterocycles. The molecule has 1 aromatic carbocycles. The number of nitrogens with zero attached hydrogens (tertiary/aromatic N) is 5. The minimum Gasteiger partial charge on any atom is -0.480 e. The standard InChI is InChI=1S/C22H25F2N7O2/c1-32-14-6-4-13(5-7-14)26-22-27-20-19(21(28-22)33-2)15(10-25-20)12-3-8-16-17(9-12)31(30-29-16)11-18(23)24/h3,8-10,13-14,18H,4-7,11H2,1-2H3,(H2,25,26,27,28)/t13-,14+/i1D3. The van der Waals surface area contributed by atoms with Crippen molar-refractivity contribution >= 4 is 28.0 Å². The van der Waals surface area contributed by atoms with Gasteiger partial charge in [0.05, 0.1) is 28.2 Å². The zero-order valence-corrected chi connectivity index (χ0v) is 17.9. The number of hydrogen-bond acceptors (Lipinski definition) is 7. The maximum absolute atomic E-state index is 12.9. The van der Waals surface area contributed by atoms with Crippen LogP contribution in [-0.4, -0.2) is 62.7 Å². The Morgan fingerprint density at radius 3 is 2.88 bits per heavy atom. The largest absolute Gasteiger partial charge is 0.480 e. The van der Waals surface area contributed by atoms with Gasteiger partial charge in [-0.25, -0.2) is 13.5 Å². The van der Waals surface area contributed by atoms with Crippen LogP contribution >= 0.6 is 0 Å². The van der Waals surface area contributed by atoms with E-state index in [0.29, 0.717) is 46.7 Å². The Morgan fingerprint density at radius 2 is 2.12 bits per heavy atom. The third-order valence-electron chi connectivity index (χ3n) is 6.00. The number of nitrogens with one attached hydrogen (secondary N) is 2. The topological polar surface area (TPSA) is 103 Å². The van der Waals surface area contributed by atoms with Crippen LogP contribution in [0.1, 0.15) is 29.8 Å². The normalized spacial score (nSPS) is 20.7. The summed E-state index contributed by atoms with van der Waals surface area (Å²) in [7, 11) is -0.869. The van der Waals surface area contributed by atoms with Crippen molar-refractivity contribution in [3.63, 3.8) is 0 Å². The Kier molecular flexibility index (Phi) is 4.88. The first-order valence-corrected chi connectivity index (χ1v) is 10.7. The van der Waals surface area contributed by atoms with Crippen LogP contribution in [0.3, 0.4) is 0 Å². The molecule has 4 aromatic rings. The summed E-state index contributed by atoms with van der Waals surface area (Å²) < 4.78 is 59.6. The molecule has 5 rings (SSSR count). The van der Waals surface area contributed by atoms with E-state index >= 15 is 0 Å². The van der Waals surface area contributed by atoms with Gasteiger partial charge in [-0.15, -0.1) is 5.10 Å². The molecule has 1 aliphatic carbocycles. The lowest BCUT2D eigenvalue weighted by atomic mass is 9.93. The van der Waals surface area contributed by atoms with Gasteiger partial charge in [0, 0.05) is 24.8 Å². The predicted octanol–water partition coefficient (Wildman–Crippen LogP) is 4.01. The van der Waals surface area contributed by atoms with Gasteiger partial charge in [0.25, 0.3) is 6.43 Å². The average molecular weight is 461 g/mol. The number of ether oxygens (including phenoxy) is 2. The summed E-state index contributed by atoms with van der Waals surface area (Å²) in [6, 6.07) is 5.39. The molecule has 9 nitrogen and oxygen atoms in total. The lowest BCUT2D eigenvalue weighted by molar-refractivity contribution is 0.0681. The summed E-state index contributed by atoms with van der Waals surface area (Å²) in [5.41, 5.74) is 3.08. The van der Waals surface area contributed by atoms with Gasteiger partial charge in [-0.05, 0) is 43.4 Å². The molecule has 0 unspecified atom stereocenters. The van der Waals surface area contributed by atoms with E-state index < -0.39 is 20.0 Å². The molecule has 1 saturated carbocycles. The van der Waals surface area contributed by atoms with E-state index in [0.717, 1.165) is 24.0 Å². The average Bonchev–Trinajstić information content (AvgIpc) is 3.42. The van der Waals surface area contributed by atoms with Crippen LogP contribution in [0.15, 0.2) is 24.4 Å². The third kappa shape index (κ3) is 4.20. The number of H-pyrrole nitrogens is 1. The molecule has 2 N–H and O–H groups in total. The van der Waals surface area contributed by atoms with Crippen molar-refractivity contribution in [2.75, 3.05) is 19.5 Å². The van der Waals surface area contributed by atoms with Crippen LogP contribution in [0.25, 0.3) is 33.2 Å². The monoisotopic (exact) mass is 460 g/mol. The Bertz CT molecular complexity index is 1370. The molecule has 0 atom stereocenters. The first kappa shape index (κ1) is 18.1. The molecule has 11 heteroatoms. The van der Waals surface area contributed by atoms with E-state index in [9.17, 15) is 8.78 Å². The van der Waals surface area contributed by atoms with Crippen LogP contribution in [0, 0.1) is 0 Å². The number of fused-ring (bicyclic) bond motifs is 2. The molecular formula is C22H25F2N7O2. The maximum Gasteiger partial charge on any atom is 0.258 e. The number of halogens is 2. The minimum absolute atomic E-state index is 0.0723. The lowest BCUT2D eigenvalue weighted by Crippen LogP contribution is -2.29. The highest BCUT2D eigenvalue weighted by molar-refractivity contribution is 5.99. The number of aromatic amines is 1. The summed E-state index contributed by atoms with van der Waals surface area (Å²) >= 11 is 0. The van der Waals surface area contributed by atoms with E-state index in [1.54, 1.807) is 18.3 Å². The van der Waals surface area contributed by atoms with Crippen molar-refractivity contribution in [1.29, 1.82) is 0 Å². The molecule has 33 heavy (non-hydrogen) atoms. The van der Waals surface area contributed by atoms with E-state index in [-0.39, 0.29) is 12.1 Å². The second kappa shape index (κ2) is 8.89. The van der Waals surface area contributed by atoms with Crippen molar-refractivity contribution in [3.8, 4) is 17.0 Å². The van der Waals surface area contributed by atoms with Gasteiger partial charge in [-0.3, -0.25) is 0 Å². The number of alkyl halides is 2. The van der Waals surface area contributed by atoms with Crippen molar-refractivity contribution in [2.45, 2.75) is 50.8 Å². The quantitative estimate of drug-likeness (QED) is 0.429. The second-order valence-electron chi connectivity index (χ2n) is 8.08. The minimum atomic E-state index is -2.55. The van der Waals surface area contributed by atoms with Crippen molar-refractivity contribution in [2.24, 2.45) is 0 Å². The predicted molar refractivity (Wildman–Crippen MR) is 120 cm³/mol. The van der Waals surface area contributed by atoms with Gasteiger partial charge in [0.2, 0.25) is 11.8 Å². The summed E-state index contributed by atoms with van der Waals surface area (Å²) in [6.07, 6.45) is 1.63. The number of benzene rings is 1. The van der Waals surface area contributed by atoms with Crippen molar-refractivity contribution < 1.29 is 22.4 Å². The molecule has 0 saturated heterocycles. The highest BCUT2D eigenvalue weighted by Crippen LogP contribution is 2.35. The van der Waals surface area contributed by atoms with Gasteiger partial charge >= 0.3 is 0 Å². The Morgan fingerprint density at radius 1 is 1.27 bits per heavy atom. The Labute approximate surface area is 192 Å².